The van der Waals surface area contributed by atoms with Gasteiger partial charge in [0.1, 0.15) is 0 Å². The normalized spacial score (nSPS) is 13.5. The maximum atomic E-state index is 6.46. The van der Waals surface area contributed by atoms with Crippen molar-refractivity contribution in [1.82, 2.24) is 0 Å². The van der Waals surface area contributed by atoms with Gasteiger partial charge in [0.15, 0.2) is 0 Å². The number of ether oxygens (including phenoxy) is 1. The molecule has 0 heterocycles. The van der Waals surface area contributed by atoms with E-state index in [-0.39, 0.29) is 12.2 Å². The Morgan fingerprint density at radius 2 is 1.74 bits per heavy atom. The lowest BCUT2D eigenvalue weighted by atomic mass is 10.0. The largest absolute Gasteiger partial charge is 0.370 e. The molecular weight excluding hydrogens is 280 g/mol. The minimum absolute atomic E-state index is 0.164. The predicted molar refractivity (Wildman–Crippen MR) is 98.7 cm³/mol. The molecule has 0 spiro atoms. The summed E-state index contributed by atoms with van der Waals surface area (Å²) in [7, 11) is 0. The molecule has 0 amide bonds. The lowest BCUT2D eigenvalue weighted by Gasteiger charge is -2.25. The molecule has 0 aromatic heterocycles. The topological polar surface area (TPSA) is 9.23 Å². The Balaban J connectivity index is 2.02. The van der Waals surface area contributed by atoms with Crippen LogP contribution in [0.4, 0.5) is 0 Å². The van der Waals surface area contributed by atoms with Gasteiger partial charge in [-0.2, -0.15) is 0 Å². The van der Waals surface area contributed by atoms with E-state index < -0.39 is 0 Å². The van der Waals surface area contributed by atoms with E-state index >= 15 is 0 Å². The fourth-order valence-electron chi connectivity index (χ4n) is 2.97. The Morgan fingerprint density at radius 1 is 1.04 bits per heavy atom. The van der Waals surface area contributed by atoms with Gasteiger partial charge in [-0.3, -0.25) is 0 Å². The molecule has 0 fully saturated rings. The minimum atomic E-state index is 0.164. The van der Waals surface area contributed by atoms with Gasteiger partial charge in [0.2, 0.25) is 0 Å². The molecule has 2 aromatic rings. The van der Waals surface area contributed by atoms with E-state index in [2.05, 4.69) is 75.0 Å². The van der Waals surface area contributed by atoms with Crippen LogP contribution in [-0.4, -0.2) is 6.10 Å². The molecule has 0 aliphatic heterocycles. The van der Waals surface area contributed by atoms with E-state index in [1.807, 2.05) is 6.08 Å². The summed E-state index contributed by atoms with van der Waals surface area (Å²) in [4.78, 5) is 0. The minimum Gasteiger partial charge on any atom is -0.370 e. The summed E-state index contributed by atoms with van der Waals surface area (Å²) in [6.07, 6.45) is 6.32. The van der Waals surface area contributed by atoms with Gasteiger partial charge in [-0.1, -0.05) is 67.6 Å². The van der Waals surface area contributed by atoms with Gasteiger partial charge in [-0.15, -0.1) is 6.58 Å². The van der Waals surface area contributed by atoms with Crippen molar-refractivity contribution in [2.75, 3.05) is 0 Å². The SMILES string of the molecule is C=CC[C@H](CCc1ccccc1)O[C@H](CC)c1ccccc1C. The second kappa shape index (κ2) is 9.32. The first-order chi connectivity index (χ1) is 11.2. The van der Waals surface area contributed by atoms with Crippen LogP contribution in [0.25, 0.3) is 0 Å². The third-order valence-electron chi connectivity index (χ3n) is 4.29. The Bertz CT molecular complexity index is 588. The van der Waals surface area contributed by atoms with Gasteiger partial charge in [0.05, 0.1) is 12.2 Å². The Hall–Kier alpha value is -1.86. The molecule has 23 heavy (non-hydrogen) atoms. The molecule has 0 aliphatic rings. The molecule has 0 aliphatic carbocycles. The van der Waals surface area contributed by atoms with Crippen molar-refractivity contribution in [3.05, 3.63) is 83.9 Å². The quantitative estimate of drug-likeness (QED) is 0.513. The molecule has 1 nitrogen and oxygen atoms in total. The van der Waals surface area contributed by atoms with E-state index in [1.165, 1.54) is 16.7 Å². The van der Waals surface area contributed by atoms with E-state index in [1.54, 1.807) is 0 Å². The maximum absolute atomic E-state index is 6.46. The molecule has 122 valence electrons. The number of benzene rings is 2. The molecular formula is C22H28O. The highest BCUT2D eigenvalue weighted by Crippen LogP contribution is 2.27. The fourth-order valence-corrected chi connectivity index (χ4v) is 2.97. The van der Waals surface area contributed by atoms with Gasteiger partial charge in [-0.05, 0) is 49.3 Å². The van der Waals surface area contributed by atoms with Crippen molar-refractivity contribution < 1.29 is 4.74 Å². The second-order valence-corrected chi connectivity index (χ2v) is 6.06. The summed E-state index contributed by atoms with van der Waals surface area (Å²) in [6.45, 7) is 8.25. The third-order valence-corrected chi connectivity index (χ3v) is 4.29. The van der Waals surface area contributed by atoms with Crippen molar-refractivity contribution in [3.63, 3.8) is 0 Å². The highest BCUT2D eigenvalue weighted by atomic mass is 16.5. The number of hydrogen-bond acceptors (Lipinski definition) is 1. The van der Waals surface area contributed by atoms with Crippen LogP contribution in [0.1, 0.15) is 49.0 Å². The zero-order valence-electron chi connectivity index (χ0n) is 14.4. The average Bonchev–Trinajstić information content (AvgIpc) is 2.59. The van der Waals surface area contributed by atoms with Crippen LogP contribution in [0.5, 0.6) is 0 Å². The number of hydrogen-bond donors (Lipinski definition) is 0. The van der Waals surface area contributed by atoms with Gasteiger partial charge in [0.25, 0.3) is 0 Å². The van der Waals surface area contributed by atoms with Crippen molar-refractivity contribution in [2.45, 2.75) is 51.7 Å². The molecule has 1 heteroatoms. The standard InChI is InChI=1S/C22H28O/c1-4-11-20(17-16-19-13-7-6-8-14-19)23-22(5-2)21-15-10-9-12-18(21)3/h4,6-10,12-15,20,22H,1,5,11,16-17H2,2-3H3/t20-,22-/m1/s1. The van der Waals surface area contributed by atoms with E-state index in [4.69, 9.17) is 4.74 Å². The lowest BCUT2D eigenvalue weighted by Crippen LogP contribution is -2.18. The first-order valence-corrected chi connectivity index (χ1v) is 8.60. The zero-order valence-corrected chi connectivity index (χ0v) is 14.4. The molecule has 2 atom stereocenters. The molecule has 0 radical (unpaired) electrons. The lowest BCUT2D eigenvalue weighted by molar-refractivity contribution is -0.0180. The van der Waals surface area contributed by atoms with E-state index in [0.29, 0.717) is 0 Å². The number of rotatable bonds is 9. The molecule has 0 saturated heterocycles. The van der Waals surface area contributed by atoms with Crippen LogP contribution in [0.3, 0.4) is 0 Å². The molecule has 0 N–H and O–H groups in total. The summed E-state index contributed by atoms with van der Waals surface area (Å²) in [5.41, 5.74) is 3.98. The summed E-state index contributed by atoms with van der Waals surface area (Å²) in [5.74, 6) is 0. The van der Waals surface area contributed by atoms with Crippen molar-refractivity contribution in [1.29, 1.82) is 0 Å². The van der Waals surface area contributed by atoms with Crippen LogP contribution in [0.2, 0.25) is 0 Å². The van der Waals surface area contributed by atoms with Crippen LogP contribution in [0.15, 0.2) is 67.3 Å². The Morgan fingerprint density at radius 3 is 2.39 bits per heavy atom. The van der Waals surface area contributed by atoms with Crippen molar-refractivity contribution in [2.24, 2.45) is 0 Å². The highest BCUT2D eigenvalue weighted by Gasteiger charge is 2.17. The van der Waals surface area contributed by atoms with Crippen molar-refractivity contribution >= 4 is 0 Å². The zero-order chi connectivity index (χ0) is 16.5. The Labute approximate surface area is 141 Å². The fraction of sp³-hybridized carbons (Fsp3) is 0.364. The van der Waals surface area contributed by atoms with Crippen LogP contribution >= 0.6 is 0 Å². The second-order valence-electron chi connectivity index (χ2n) is 6.06. The van der Waals surface area contributed by atoms with Crippen LogP contribution < -0.4 is 0 Å². The third kappa shape index (κ3) is 5.37. The first kappa shape index (κ1) is 17.5. The van der Waals surface area contributed by atoms with Gasteiger partial charge < -0.3 is 4.74 Å². The average molecular weight is 308 g/mol. The summed E-state index contributed by atoms with van der Waals surface area (Å²) in [5, 5.41) is 0. The molecule has 2 aromatic carbocycles. The summed E-state index contributed by atoms with van der Waals surface area (Å²) in [6, 6.07) is 19.2. The summed E-state index contributed by atoms with van der Waals surface area (Å²) < 4.78 is 6.46. The van der Waals surface area contributed by atoms with Crippen LogP contribution in [-0.2, 0) is 11.2 Å². The monoisotopic (exact) mass is 308 g/mol. The van der Waals surface area contributed by atoms with Gasteiger partial charge >= 0.3 is 0 Å². The van der Waals surface area contributed by atoms with Crippen LogP contribution in [0, 0.1) is 6.92 Å². The molecule has 0 bridgehead atoms. The van der Waals surface area contributed by atoms with Gasteiger partial charge in [0, 0.05) is 0 Å². The maximum Gasteiger partial charge on any atom is 0.0828 e. The number of aryl methyl sites for hydroxylation is 2. The van der Waals surface area contributed by atoms with E-state index in [9.17, 15) is 0 Å². The Kier molecular flexibility index (Phi) is 7.09. The van der Waals surface area contributed by atoms with Crippen molar-refractivity contribution in [3.8, 4) is 0 Å². The molecule has 2 rings (SSSR count). The predicted octanol–water partition coefficient (Wildman–Crippen LogP) is 6.04. The molecule has 0 unspecified atom stereocenters. The highest BCUT2D eigenvalue weighted by molar-refractivity contribution is 5.27. The first-order valence-electron chi connectivity index (χ1n) is 8.60. The summed E-state index contributed by atoms with van der Waals surface area (Å²) >= 11 is 0. The van der Waals surface area contributed by atoms with E-state index in [0.717, 1.165) is 25.7 Å². The smallest absolute Gasteiger partial charge is 0.0828 e. The molecule has 0 saturated carbocycles. The van der Waals surface area contributed by atoms with Gasteiger partial charge in [-0.25, -0.2) is 0 Å².